The van der Waals surface area contributed by atoms with Crippen molar-refractivity contribution in [1.29, 1.82) is 5.26 Å². The molecule has 12 nitrogen and oxygen atoms in total. The number of amides is 3. The largest absolute Gasteiger partial charge is 0.383 e. The summed E-state index contributed by atoms with van der Waals surface area (Å²) in [6, 6.07) is 3.61. The molecule has 2 aliphatic rings. The van der Waals surface area contributed by atoms with Crippen LogP contribution in [-0.4, -0.2) is 91.3 Å². The number of hydrogen-bond acceptors (Lipinski definition) is 9. The summed E-state index contributed by atoms with van der Waals surface area (Å²) < 4.78 is 5.11. The lowest BCUT2D eigenvalue weighted by Crippen LogP contribution is -2.55. The molecule has 3 rings (SSSR count). The van der Waals surface area contributed by atoms with Crippen LogP contribution >= 0.6 is 0 Å². The third-order valence-electron chi connectivity index (χ3n) is 6.88. The van der Waals surface area contributed by atoms with E-state index in [2.05, 4.69) is 21.7 Å². The number of carbonyl (C=O) groups is 3. The molecule has 0 aliphatic carbocycles. The Labute approximate surface area is 240 Å². The highest BCUT2D eigenvalue weighted by Crippen LogP contribution is 2.28. The maximum atomic E-state index is 13.4. The lowest BCUT2D eigenvalue weighted by Gasteiger charge is -2.36. The van der Waals surface area contributed by atoms with Crippen molar-refractivity contribution in [2.24, 2.45) is 0 Å². The van der Waals surface area contributed by atoms with Crippen LogP contribution in [0, 0.1) is 11.3 Å². The van der Waals surface area contributed by atoms with Crippen LogP contribution in [0.3, 0.4) is 0 Å². The van der Waals surface area contributed by atoms with Gasteiger partial charge in [0, 0.05) is 51.1 Å². The molecule has 2 aliphatic heterocycles. The highest BCUT2D eigenvalue weighted by Gasteiger charge is 2.32. The molecule has 12 heteroatoms. The van der Waals surface area contributed by atoms with E-state index >= 15 is 0 Å². The Hall–Kier alpha value is -4.05. The van der Waals surface area contributed by atoms with E-state index in [1.165, 1.54) is 9.80 Å². The first-order chi connectivity index (χ1) is 19.7. The van der Waals surface area contributed by atoms with Gasteiger partial charge in [-0.05, 0) is 57.0 Å². The molecule has 41 heavy (non-hydrogen) atoms. The summed E-state index contributed by atoms with van der Waals surface area (Å²) in [5.74, 6) is -0.0267. The number of aryl methyl sites for hydroxylation is 1. The fourth-order valence-corrected chi connectivity index (χ4v) is 4.63. The predicted octanol–water partition coefficient (Wildman–Crippen LogP) is 1.83. The van der Waals surface area contributed by atoms with Crippen LogP contribution in [0.4, 0.5) is 10.6 Å². The summed E-state index contributed by atoms with van der Waals surface area (Å²) in [6.45, 7) is 6.11. The maximum absolute atomic E-state index is 13.4. The van der Waals surface area contributed by atoms with Crippen molar-refractivity contribution in [3.05, 3.63) is 58.1 Å². The van der Waals surface area contributed by atoms with Gasteiger partial charge in [0.2, 0.25) is 0 Å². The number of likely N-dealkylation sites (N-methyl/N-ethyl adjacent to an activating group) is 1. The Morgan fingerprint density at radius 3 is 2.80 bits per heavy atom. The van der Waals surface area contributed by atoms with Gasteiger partial charge in [-0.25, -0.2) is 9.78 Å². The minimum Gasteiger partial charge on any atom is -0.383 e. The molecule has 0 bridgehead atoms. The third kappa shape index (κ3) is 8.00. The van der Waals surface area contributed by atoms with Gasteiger partial charge in [0.05, 0.1) is 17.9 Å². The molecule has 3 heterocycles. The van der Waals surface area contributed by atoms with Crippen molar-refractivity contribution in [3.63, 3.8) is 0 Å². The van der Waals surface area contributed by atoms with Gasteiger partial charge >= 0.3 is 6.03 Å². The Bertz CT molecular complexity index is 1270. The van der Waals surface area contributed by atoms with E-state index in [9.17, 15) is 24.8 Å². The second kappa shape index (κ2) is 15.1. The zero-order valence-electron chi connectivity index (χ0n) is 24.1. The van der Waals surface area contributed by atoms with Crippen LogP contribution in [0.5, 0.6) is 0 Å². The summed E-state index contributed by atoms with van der Waals surface area (Å²) in [5, 5.41) is 25.9. The summed E-state index contributed by atoms with van der Waals surface area (Å²) in [6.07, 6.45) is 6.86. The van der Waals surface area contributed by atoms with Crippen LogP contribution < -0.4 is 15.5 Å². The molecule has 0 spiro atoms. The van der Waals surface area contributed by atoms with Gasteiger partial charge in [-0.1, -0.05) is 13.0 Å². The minimum absolute atomic E-state index is 0.144. The van der Waals surface area contributed by atoms with Crippen molar-refractivity contribution in [2.75, 3.05) is 51.8 Å². The van der Waals surface area contributed by atoms with Gasteiger partial charge < -0.3 is 25.4 Å². The number of aliphatic hydroxyl groups excluding tert-OH is 1. The Morgan fingerprint density at radius 2 is 2.12 bits per heavy atom. The summed E-state index contributed by atoms with van der Waals surface area (Å²) >= 11 is 0. The van der Waals surface area contributed by atoms with Crippen LogP contribution in [0.25, 0.3) is 0 Å². The smallest absolute Gasteiger partial charge is 0.327 e. The van der Waals surface area contributed by atoms with Crippen molar-refractivity contribution in [1.82, 2.24) is 25.4 Å². The lowest BCUT2D eigenvalue weighted by atomic mass is 10.0. The quantitative estimate of drug-likeness (QED) is 0.158. The van der Waals surface area contributed by atoms with Gasteiger partial charge in [0.15, 0.2) is 12.5 Å². The number of nitrogens with zero attached hydrogens (tertiary/aromatic N) is 5. The number of aliphatic hydroxyl groups is 1. The monoisotopic (exact) mass is 565 g/mol. The van der Waals surface area contributed by atoms with Gasteiger partial charge in [-0.3, -0.25) is 19.4 Å². The number of carbonyl (C=O) groups excluding carboxylic acids is 3. The molecule has 1 unspecified atom stereocenters. The van der Waals surface area contributed by atoms with Gasteiger partial charge in [-0.15, -0.1) is 0 Å². The SMILES string of the molecule is CC/C=C/C(C#N)=C(\C=C(/C)NC(=O)N1CCCc2cc(CN3CCN(C)C(O)C3=O)c(C=O)nc21)NCCOC. The summed E-state index contributed by atoms with van der Waals surface area (Å²) in [7, 11) is 3.27. The van der Waals surface area contributed by atoms with Gasteiger partial charge in [0.25, 0.3) is 5.91 Å². The molecule has 1 saturated heterocycles. The lowest BCUT2D eigenvalue weighted by molar-refractivity contribution is -0.157. The summed E-state index contributed by atoms with van der Waals surface area (Å²) in [4.78, 5) is 47.0. The van der Waals surface area contributed by atoms with E-state index in [1.807, 2.05) is 19.1 Å². The van der Waals surface area contributed by atoms with Crippen molar-refractivity contribution >= 4 is 24.0 Å². The van der Waals surface area contributed by atoms with Gasteiger partial charge in [-0.2, -0.15) is 5.26 Å². The van der Waals surface area contributed by atoms with Crippen molar-refractivity contribution in [3.8, 4) is 6.07 Å². The highest BCUT2D eigenvalue weighted by atomic mass is 16.5. The molecule has 1 aromatic heterocycles. The highest BCUT2D eigenvalue weighted by molar-refractivity contribution is 5.94. The fraction of sp³-hybridized carbons (Fsp3) is 0.483. The normalized spacial score (nSPS) is 18.6. The number of nitriles is 1. The average molecular weight is 566 g/mol. The number of methoxy groups -OCH3 is 1. The first-order valence-corrected chi connectivity index (χ1v) is 13.7. The maximum Gasteiger partial charge on any atom is 0.327 e. The molecule has 1 fully saturated rings. The third-order valence-corrected chi connectivity index (χ3v) is 6.88. The molecule has 3 amide bonds. The van der Waals surface area contributed by atoms with Crippen molar-refractivity contribution < 1.29 is 24.2 Å². The number of piperazine rings is 1. The first-order valence-electron chi connectivity index (χ1n) is 13.7. The molecular formula is C29H39N7O5. The number of nitrogens with one attached hydrogen (secondary N) is 2. The van der Waals surface area contributed by atoms with Crippen molar-refractivity contribution in [2.45, 2.75) is 45.9 Å². The standard InChI is InChI=1S/C29H39N7O5/c1-5-6-8-22(17-30)24(31-10-14-41-4)15-20(2)32-29(40)36-11-7-9-21-16-23(25(19-37)33-26(21)36)18-35-13-12-34(3)27(38)28(35)39/h6,8,15-16,19,27,31,38H,5,7,9-14,18H2,1-4H3,(H,32,40)/b8-6+,20-15+,24-22-. The number of aldehydes is 1. The zero-order chi connectivity index (χ0) is 29.9. The number of urea groups is 1. The fourth-order valence-electron chi connectivity index (χ4n) is 4.63. The molecule has 0 radical (unpaired) electrons. The van der Waals surface area contributed by atoms with E-state index in [0.717, 1.165) is 12.0 Å². The molecule has 1 atom stereocenters. The number of hydrogen-bond donors (Lipinski definition) is 3. The molecule has 1 aromatic rings. The molecule has 3 N–H and O–H groups in total. The van der Waals surface area contributed by atoms with Crippen LogP contribution in [0.2, 0.25) is 0 Å². The average Bonchev–Trinajstić information content (AvgIpc) is 2.96. The number of anilines is 1. The van der Waals surface area contributed by atoms with Crippen LogP contribution in [-0.2, 0) is 22.5 Å². The zero-order valence-corrected chi connectivity index (χ0v) is 24.1. The molecule has 0 aromatic carbocycles. The molecule has 0 saturated carbocycles. The minimum atomic E-state index is -1.22. The van der Waals surface area contributed by atoms with E-state index in [0.29, 0.717) is 80.3 Å². The number of fused-ring (bicyclic) bond motifs is 1. The number of allylic oxidation sites excluding steroid dienone is 5. The number of ether oxygens (including phenoxy) is 1. The van der Waals surface area contributed by atoms with E-state index in [-0.39, 0.29) is 12.2 Å². The predicted molar refractivity (Wildman–Crippen MR) is 154 cm³/mol. The Balaban J connectivity index is 1.83. The van der Waals surface area contributed by atoms with Crippen LogP contribution in [0.1, 0.15) is 48.3 Å². The topological polar surface area (TPSA) is 151 Å². The second-order valence-electron chi connectivity index (χ2n) is 9.93. The van der Waals surface area contributed by atoms with E-state index in [1.54, 1.807) is 38.1 Å². The number of aromatic nitrogens is 1. The number of pyridine rings is 1. The Morgan fingerprint density at radius 1 is 1.34 bits per heavy atom. The summed E-state index contributed by atoms with van der Waals surface area (Å²) in [5.41, 5.74) is 3.01. The number of rotatable bonds is 11. The van der Waals surface area contributed by atoms with E-state index in [4.69, 9.17) is 4.74 Å². The van der Waals surface area contributed by atoms with Crippen LogP contribution in [0.15, 0.2) is 41.3 Å². The Kier molecular flexibility index (Phi) is 11.6. The van der Waals surface area contributed by atoms with E-state index < -0.39 is 18.2 Å². The molecule has 220 valence electrons. The molecular weight excluding hydrogens is 526 g/mol. The van der Waals surface area contributed by atoms with Gasteiger partial charge in [0.1, 0.15) is 17.6 Å². The second-order valence-corrected chi connectivity index (χ2v) is 9.93. The first kappa shape index (κ1) is 31.5.